The molecule has 1 aliphatic heterocycles. The number of amides is 1. The van der Waals surface area contributed by atoms with Gasteiger partial charge in [0, 0.05) is 18.5 Å². The number of nitrogens with one attached hydrogen (secondary N) is 1. The van der Waals surface area contributed by atoms with Crippen molar-refractivity contribution in [3.63, 3.8) is 0 Å². The molecule has 0 aromatic carbocycles. The number of hydrogen-bond acceptors (Lipinski definition) is 4. The molecule has 88 valence electrons. The third-order valence-corrected chi connectivity index (χ3v) is 3.86. The van der Waals surface area contributed by atoms with Crippen LogP contribution < -0.4 is 4.72 Å². The molecule has 1 amide bonds. The number of nitrogens with zero attached hydrogens (tertiary/aromatic N) is 1. The van der Waals surface area contributed by atoms with E-state index >= 15 is 0 Å². The van der Waals surface area contributed by atoms with Gasteiger partial charge < -0.3 is 4.74 Å². The van der Waals surface area contributed by atoms with Crippen LogP contribution >= 0.6 is 11.6 Å². The molecule has 0 radical (unpaired) electrons. The number of carbonyl (C=O) groups excluding carboxylic acids is 1. The zero-order valence-electron chi connectivity index (χ0n) is 8.27. The van der Waals surface area contributed by atoms with Crippen molar-refractivity contribution in [2.45, 2.75) is 18.2 Å². The third-order valence-electron chi connectivity index (χ3n) is 2.06. The fourth-order valence-corrected chi connectivity index (χ4v) is 2.89. The minimum Gasteiger partial charge on any atom is -0.452 e. The van der Waals surface area contributed by atoms with Crippen LogP contribution in [0.25, 0.3) is 0 Å². The van der Waals surface area contributed by atoms with Gasteiger partial charge in [-0.2, -0.15) is 12.7 Å². The number of carbonyl (C=O) groups is 1. The summed E-state index contributed by atoms with van der Waals surface area (Å²) in [5, 5.41) is -0.201. The number of piperidine rings is 1. The molecule has 8 heteroatoms. The van der Waals surface area contributed by atoms with Crippen LogP contribution in [0, 0.1) is 0 Å². The van der Waals surface area contributed by atoms with Crippen LogP contribution in [0.3, 0.4) is 0 Å². The van der Waals surface area contributed by atoms with E-state index in [2.05, 4.69) is 4.74 Å². The van der Waals surface area contributed by atoms with Gasteiger partial charge in [-0.25, -0.2) is 9.52 Å². The average molecular weight is 257 g/mol. The van der Waals surface area contributed by atoms with Gasteiger partial charge >= 0.3 is 16.3 Å². The van der Waals surface area contributed by atoms with Crippen molar-refractivity contribution in [3.8, 4) is 0 Å². The second-order valence-electron chi connectivity index (χ2n) is 3.20. The topological polar surface area (TPSA) is 75.7 Å². The first-order chi connectivity index (χ1) is 6.95. The maximum absolute atomic E-state index is 11.6. The SMILES string of the molecule is COC(=O)NS(=O)(=O)N1CCCC(Cl)C1. The molecule has 0 aromatic rings. The highest BCUT2D eigenvalue weighted by Gasteiger charge is 2.29. The highest BCUT2D eigenvalue weighted by molar-refractivity contribution is 7.87. The number of alkyl halides is 1. The van der Waals surface area contributed by atoms with E-state index in [1.54, 1.807) is 4.72 Å². The lowest BCUT2D eigenvalue weighted by molar-refractivity contribution is 0.176. The van der Waals surface area contributed by atoms with Crippen LogP contribution in [0.4, 0.5) is 4.79 Å². The minimum atomic E-state index is -3.80. The first-order valence-corrected chi connectivity index (χ1v) is 6.33. The summed E-state index contributed by atoms with van der Waals surface area (Å²) in [5.74, 6) is 0. The smallest absolute Gasteiger partial charge is 0.421 e. The number of methoxy groups -OCH3 is 1. The lowest BCUT2D eigenvalue weighted by atomic mass is 10.2. The standard InChI is InChI=1S/C7H13ClN2O4S/c1-14-7(11)9-15(12,13)10-4-2-3-6(8)5-10/h6H,2-5H2,1H3,(H,9,11). The Labute approximate surface area is 93.7 Å². The van der Waals surface area contributed by atoms with Gasteiger partial charge in [0.25, 0.3) is 0 Å². The maximum Gasteiger partial charge on any atom is 0.421 e. The highest BCUT2D eigenvalue weighted by atomic mass is 35.5. The Bertz CT molecular complexity index is 332. The van der Waals surface area contributed by atoms with E-state index in [0.29, 0.717) is 13.0 Å². The molecule has 1 saturated heterocycles. The van der Waals surface area contributed by atoms with Crippen molar-refractivity contribution in [3.05, 3.63) is 0 Å². The molecule has 1 N–H and O–H groups in total. The van der Waals surface area contributed by atoms with Gasteiger partial charge in [0.15, 0.2) is 0 Å². The Kier molecular flexibility index (Phi) is 4.18. The van der Waals surface area contributed by atoms with E-state index in [4.69, 9.17) is 11.6 Å². The zero-order chi connectivity index (χ0) is 11.5. The quantitative estimate of drug-likeness (QED) is 0.721. The zero-order valence-corrected chi connectivity index (χ0v) is 9.84. The summed E-state index contributed by atoms with van der Waals surface area (Å²) in [6.07, 6.45) is 0.480. The molecule has 0 aliphatic carbocycles. The molecule has 1 atom stereocenters. The van der Waals surface area contributed by atoms with Gasteiger partial charge in [0.1, 0.15) is 0 Å². The summed E-state index contributed by atoms with van der Waals surface area (Å²) < 4.78 is 30.2. The Morgan fingerprint density at radius 1 is 1.60 bits per heavy atom. The third kappa shape index (κ3) is 3.51. The number of halogens is 1. The van der Waals surface area contributed by atoms with E-state index < -0.39 is 16.3 Å². The fraction of sp³-hybridized carbons (Fsp3) is 0.857. The Morgan fingerprint density at radius 3 is 2.80 bits per heavy atom. The van der Waals surface area contributed by atoms with Crippen LogP contribution in [-0.4, -0.2) is 44.4 Å². The summed E-state index contributed by atoms with van der Waals surface area (Å²) in [4.78, 5) is 10.8. The molecule has 1 aliphatic rings. The van der Waals surface area contributed by atoms with Crippen LogP contribution in [0.2, 0.25) is 0 Å². The van der Waals surface area contributed by atoms with Gasteiger partial charge in [-0.15, -0.1) is 11.6 Å². The second-order valence-corrected chi connectivity index (χ2v) is 5.48. The molecule has 0 aromatic heterocycles. The fourth-order valence-electron chi connectivity index (χ4n) is 1.32. The molecule has 1 heterocycles. The van der Waals surface area contributed by atoms with Gasteiger partial charge in [-0.05, 0) is 12.8 Å². The van der Waals surface area contributed by atoms with Crippen LogP contribution in [0.5, 0.6) is 0 Å². The normalized spacial score (nSPS) is 23.5. The Balaban J connectivity index is 2.64. The highest BCUT2D eigenvalue weighted by Crippen LogP contribution is 2.17. The molecule has 1 rings (SSSR count). The van der Waals surface area contributed by atoms with Crippen molar-refractivity contribution in [1.29, 1.82) is 0 Å². The molecule has 1 unspecified atom stereocenters. The lowest BCUT2D eigenvalue weighted by Gasteiger charge is -2.28. The van der Waals surface area contributed by atoms with E-state index in [1.165, 1.54) is 0 Å². The monoisotopic (exact) mass is 256 g/mol. The predicted octanol–water partition coefficient (Wildman–Crippen LogP) is 0.290. The summed E-state index contributed by atoms with van der Waals surface area (Å²) >= 11 is 5.84. The second kappa shape index (κ2) is 5.00. The first-order valence-electron chi connectivity index (χ1n) is 4.45. The Morgan fingerprint density at radius 2 is 2.27 bits per heavy atom. The first kappa shape index (κ1) is 12.5. The molecule has 1 fully saturated rings. The molecular weight excluding hydrogens is 244 g/mol. The molecule has 0 saturated carbocycles. The number of hydrogen-bond donors (Lipinski definition) is 1. The van der Waals surface area contributed by atoms with Crippen molar-refractivity contribution in [2.75, 3.05) is 20.2 Å². The molecule has 0 spiro atoms. The van der Waals surface area contributed by atoms with Gasteiger partial charge in [-0.1, -0.05) is 0 Å². The van der Waals surface area contributed by atoms with Crippen molar-refractivity contribution in [2.24, 2.45) is 0 Å². The van der Waals surface area contributed by atoms with Gasteiger partial charge in [0.2, 0.25) is 0 Å². The van der Waals surface area contributed by atoms with E-state index in [-0.39, 0.29) is 11.9 Å². The average Bonchev–Trinajstić information content (AvgIpc) is 2.17. The molecule has 0 bridgehead atoms. The molecular formula is C7H13ClN2O4S. The summed E-state index contributed by atoms with van der Waals surface area (Å²) in [6, 6.07) is 0. The minimum absolute atomic E-state index is 0.201. The van der Waals surface area contributed by atoms with Gasteiger partial charge in [-0.3, -0.25) is 0 Å². The van der Waals surface area contributed by atoms with Crippen molar-refractivity contribution < 1.29 is 17.9 Å². The van der Waals surface area contributed by atoms with Gasteiger partial charge in [0.05, 0.1) is 7.11 Å². The van der Waals surface area contributed by atoms with Crippen LogP contribution in [-0.2, 0) is 14.9 Å². The number of rotatable bonds is 2. The molecule has 15 heavy (non-hydrogen) atoms. The summed E-state index contributed by atoms with van der Waals surface area (Å²) in [6.45, 7) is 0.587. The van der Waals surface area contributed by atoms with Crippen LogP contribution in [0.1, 0.15) is 12.8 Å². The lowest BCUT2D eigenvalue weighted by Crippen LogP contribution is -2.48. The summed E-state index contributed by atoms with van der Waals surface area (Å²) in [5.41, 5.74) is 0. The largest absolute Gasteiger partial charge is 0.452 e. The Hall–Kier alpha value is -0.530. The van der Waals surface area contributed by atoms with E-state index in [9.17, 15) is 13.2 Å². The predicted molar refractivity (Wildman–Crippen MR) is 54.9 cm³/mol. The van der Waals surface area contributed by atoms with E-state index in [0.717, 1.165) is 17.8 Å². The van der Waals surface area contributed by atoms with Crippen molar-refractivity contribution >= 4 is 27.9 Å². The summed E-state index contributed by atoms with van der Waals surface area (Å²) in [7, 11) is -2.70. The maximum atomic E-state index is 11.6. The van der Waals surface area contributed by atoms with Crippen molar-refractivity contribution in [1.82, 2.24) is 9.03 Å². The van der Waals surface area contributed by atoms with Crippen LogP contribution in [0.15, 0.2) is 0 Å². The molecule has 6 nitrogen and oxygen atoms in total. The van der Waals surface area contributed by atoms with E-state index in [1.807, 2.05) is 0 Å². The number of ether oxygens (including phenoxy) is 1.